The molecule has 1 heterocycles. The van der Waals surface area contributed by atoms with Crippen LogP contribution in [0.4, 0.5) is 0 Å². The van der Waals surface area contributed by atoms with Crippen molar-refractivity contribution in [2.24, 2.45) is 0 Å². The monoisotopic (exact) mass is 245 g/mol. The summed E-state index contributed by atoms with van der Waals surface area (Å²) in [5, 5.41) is 0. The number of sulfonamides is 1. The molecule has 4 heteroatoms. The van der Waals surface area contributed by atoms with Gasteiger partial charge in [-0.1, -0.05) is 42.5 Å². The van der Waals surface area contributed by atoms with Crippen molar-refractivity contribution in [3.8, 4) is 11.1 Å². The number of fused-ring (bicyclic) bond motifs is 3. The predicted octanol–water partition coefficient (Wildman–Crippen LogP) is 2.15. The van der Waals surface area contributed by atoms with Crippen molar-refractivity contribution in [2.75, 3.05) is 0 Å². The summed E-state index contributed by atoms with van der Waals surface area (Å²) in [6.45, 7) is 0.340. The van der Waals surface area contributed by atoms with Gasteiger partial charge in [-0.2, -0.15) is 0 Å². The molecule has 1 aliphatic rings. The van der Waals surface area contributed by atoms with Crippen LogP contribution in [0.3, 0.4) is 0 Å². The molecule has 2 aromatic carbocycles. The van der Waals surface area contributed by atoms with Crippen molar-refractivity contribution in [2.45, 2.75) is 11.4 Å². The Hall–Kier alpha value is -1.65. The van der Waals surface area contributed by atoms with Gasteiger partial charge in [0.15, 0.2) is 0 Å². The summed E-state index contributed by atoms with van der Waals surface area (Å²) in [6, 6.07) is 14.8. The number of hydrogen-bond donors (Lipinski definition) is 1. The van der Waals surface area contributed by atoms with Crippen LogP contribution in [0.15, 0.2) is 53.4 Å². The fourth-order valence-electron chi connectivity index (χ4n) is 2.11. The molecule has 1 N–H and O–H groups in total. The van der Waals surface area contributed by atoms with Crippen LogP contribution in [0.5, 0.6) is 0 Å². The lowest BCUT2D eigenvalue weighted by molar-refractivity contribution is 0.583. The third-order valence-corrected chi connectivity index (χ3v) is 4.40. The van der Waals surface area contributed by atoms with E-state index in [1.54, 1.807) is 12.1 Å². The normalized spacial score (nSPS) is 16.7. The molecule has 3 nitrogen and oxygen atoms in total. The maximum absolute atomic E-state index is 12.1. The SMILES string of the molecule is O=S1(=O)NCc2ccccc2-c2ccccc21. The van der Waals surface area contributed by atoms with E-state index in [2.05, 4.69) is 4.72 Å². The number of rotatable bonds is 0. The first-order valence-electron chi connectivity index (χ1n) is 5.35. The Bertz CT molecular complexity index is 677. The van der Waals surface area contributed by atoms with Gasteiger partial charge in [-0.3, -0.25) is 0 Å². The molecular weight excluding hydrogens is 234 g/mol. The third-order valence-electron chi connectivity index (χ3n) is 2.94. The summed E-state index contributed by atoms with van der Waals surface area (Å²) in [5.41, 5.74) is 2.76. The van der Waals surface area contributed by atoms with Crippen molar-refractivity contribution < 1.29 is 8.42 Å². The molecule has 2 aromatic rings. The van der Waals surface area contributed by atoms with Crippen LogP contribution in [0.2, 0.25) is 0 Å². The minimum atomic E-state index is -3.40. The van der Waals surface area contributed by atoms with E-state index in [0.29, 0.717) is 11.4 Å². The Morgan fingerprint density at radius 3 is 2.35 bits per heavy atom. The van der Waals surface area contributed by atoms with Crippen LogP contribution in [-0.4, -0.2) is 8.42 Å². The molecule has 0 fully saturated rings. The van der Waals surface area contributed by atoms with E-state index >= 15 is 0 Å². The molecule has 0 aromatic heterocycles. The number of hydrogen-bond acceptors (Lipinski definition) is 2. The van der Waals surface area contributed by atoms with E-state index in [1.165, 1.54) is 0 Å². The first kappa shape index (κ1) is 10.5. The van der Waals surface area contributed by atoms with Crippen LogP contribution in [0, 0.1) is 0 Å². The summed E-state index contributed by atoms with van der Waals surface area (Å²) in [6.07, 6.45) is 0. The molecule has 0 atom stereocenters. The first-order valence-corrected chi connectivity index (χ1v) is 6.84. The molecule has 17 heavy (non-hydrogen) atoms. The average molecular weight is 245 g/mol. The van der Waals surface area contributed by atoms with Crippen molar-refractivity contribution in [1.29, 1.82) is 0 Å². The fraction of sp³-hybridized carbons (Fsp3) is 0.0769. The van der Waals surface area contributed by atoms with Gasteiger partial charge in [-0.05, 0) is 17.2 Å². The molecule has 1 aliphatic heterocycles. The van der Waals surface area contributed by atoms with Crippen molar-refractivity contribution >= 4 is 10.0 Å². The summed E-state index contributed by atoms with van der Waals surface area (Å²) < 4.78 is 26.7. The highest BCUT2D eigenvalue weighted by Crippen LogP contribution is 2.32. The predicted molar refractivity (Wildman–Crippen MR) is 65.9 cm³/mol. The Kier molecular flexibility index (Phi) is 2.28. The van der Waals surface area contributed by atoms with E-state index in [-0.39, 0.29) is 0 Å². The van der Waals surface area contributed by atoms with E-state index in [9.17, 15) is 8.42 Å². The van der Waals surface area contributed by atoms with Gasteiger partial charge in [-0.15, -0.1) is 0 Å². The summed E-state index contributed by atoms with van der Waals surface area (Å²) >= 11 is 0. The Balaban J connectivity index is 2.39. The first-order chi connectivity index (χ1) is 8.18. The second-order valence-corrected chi connectivity index (χ2v) is 5.71. The topological polar surface area (TPSA) is 46.2 Å². The molecule has 0 saturated heterocycles. The summed E-state index contributed by atoms with van der Waals surface area (Å²) in [7, 11) is -3.40. The molecule has 0 amide bonds. The minimum Gasteiger partial charge on any atom is -0.207 e. The Morgan fingerprint density at radius 2 is 1.53 bits per heavy atom. The van der Waals surface area contributed by atoms with Gasteiger partial charge in [0.1, 0.15) is 0 Å². The van der Waals surface area contributed by atoms with E-state index in [0.717, 1.165) is 16.7 Å². The van der Waals surface area contributed by atoms with Gasteiger partial charge in [0.05, 0.1) is 4.90 Å². The minimum absolute atomic E-state index is 0.340. The lowest BCUT2D eigenvalue weighted by atomic mass is 10.00. The van der Waals surface area contributed by atoms with Gasteiger partial charge in [0.2, 0.25) is 10.0 Å². The van der Waals surface area contributed by atoms with Gasteiger partial charge in [0, 0.05) is 12.1 Å². The molecule has 86 valence electrons. The summed E-state index contributed by atoms with van der Waals surface area (Å²) in [4.78, 5) is 0.352. The van der Waals surface area contributed by atoms with Crippen LogP contribution in [0.25, 0.3) is 11.1 Å². The summed E-state index contributed by atoms with van der Waals surface area (Å²) in [5.74, 6) is 0. The maximum atomic E-state index is 12.1. The Labute approximate surface area is 100 Å². The van der Waals surface area contributed by atoms with Gasteiger partial charge >= 0.3 is 0 Å². The highest BCUT2D eigenvalue weighted by Gasteiger charge is 2.23. The molecule has 0 unspecified atom stereocenters. The van der Waals surface area contributed by atoms with Crippen molar-refractivity contribution in [3.63, 3.8) is 0 Å². The smallest absolute Gasteiger partial charge is 0.207 e. The average Bonchev–Trinajstić information content (AvgIpc) is 2.47. The highest BCUT2D eigenvalue weighted by molar-refractivity contribution is 7.89. The van der Waals surface area contributed by atoms with Crippen LogP contribution >= 0.6 is 0 Å². The van der Waals surface area contributed by atoms with Crippen LogP contribution < -0.4 is 4.72 Å². The third kappa shape index (κ3) is 1.66. The molecule has 0 radical (unpaired) electrons. The van der Waals surface area contributed by atoms with E-state index < -0.39 is 10.0 Å². The highest BCUT2D eigenvalue weighted by atomic mass is 32.2. The number of benzene rings is 2. The molecule has 0 spiro atoms. The maximum Gasteiger partial charge on any atom is 0.241 e. The zero-order chi connectivity index (χ0) is 11.9. The lowest BCUT2D eigenvalue weighted by Gasteiger charge is -2.06. The van der Waals surface area contributed by atoms with Gasteiger partial charge in [-0.25, -0.2) is 13.1 Å². The fourth-order valence-corrected chi connectivity index (χ4v) is 3.34. The molecule has 0 saturated carbocycles. The lowest BCUT2D eigenvalue weighted by Crippen LogP contribution is -2.21. The largest absolute Gasteiger partial charge is 0.241 e. The van der Waals surface area contributed by atoms with Gasteiger partial charge in [0.25, 0.3) is 0 Å². The second kappa shape index (κ2) is 3.68. The van der Waals surface area contributed by atoms with Crippen LogP contribution in [0.1, 0.15) is 5.56 Å². The van der Waals surface area contributed by atoms with E-state index in [1.807, 2.05) is 36.4 Å². The molecule has 0 aliphatic carbocycles. The van der Waals surface area contributed by atoms with Crippen molar-refractivity contribution in [3.05, 3.63) is 54.1 Å². The Morgan fingerprint density at radius 1 is 0.882 bits per heavy atom. The van der Waals surface area contributed by atoms with Crippen LogP contribution in [-0.2, 0) is 16.6 Å². The number of nitrogens with one attached hydrogen (secondary N) is 1. The van der Waals surface area contributed by atoms with Gasteiger partial charge < -0.3 is 0 Å². The van der Waals surface area contributed by atoms with E-state index in [4.69, 9.17) is 0 Å². The standard InChI is InChI=1S/C13H11NO2S/c15-17(16)13-8-4-3-7-12(13)11-6-2-1-5-10(11)9-14-17/h1-8,14H,9H2. The second-order valence-electron chi connectivity index (χ2n) is 3.98. The molecule has 3 rings (SSSR count). The van der Waals surface area contributed by atoms with Crippen molar-refractivity contribution in [1.82, 2.24) is 4.72 Å². The zero-order valence-corrected chi connectivity index (χ0v) is 9.87. The molecule has 0 bridgehead atoms. The quantitative estimate of drug-likeness (QED) is 0.773. The zero-order valence-electron chi connectivity index (χ0n) is 9.05. The molecular formula is C13H11NO2S.